The number of rotatable bonds is 2. The third kappa shape index (κ3) is 2.57. The van der Waals surface area contributed by atoms with Gasteiger partial charge in [0.05, 0.1) is 5.69 Å². The maximum Gasteiger partial charge on any atom is 0.274 e. The fourth-order valence-corrected chi connectivity index (χ4v) is 2.37. The van der Waals surface area contributed by atoms with Crippen LogP contribution in [0.2, 0.25) is 0 Å². The molecule has 0 unspecified atom stereocenters. The summed E-state index contributed by atoms with van der Waals surface area (Å²) in [5, 5.41) is 7.23. The lowest BCUT2D eigenvalue weighted by Gasteiger charge is -2.08. The molecular weight excluding hydrogens is 276 g/mol. The third-order valence-corrected chi connectivity index (χ3v) is 3.72. The summed E-state index contributed by atoms with van der Waals surface area (Å²) in [6.07, 6.45) is 0. The Morgan fingerprint density at radius 2 is 1.82 bits per heavy atom. The highest BCUT2D eigenvalue weighted by Gasteiger charge is 2.12. The number of benzene rings is 1. The van der Waals surface area contributed by atoms with Crippen LogP contribution in [0.25, 0.3) is 5.65 Å². The van der Waals surface area contributed by atoms with Crippen molar-refractivity contribution in [2.75, 3.05) is 5.32 Å². The van der Waals surface area contributed by atoms with Crippen LogP contribution in [0.4, 0.5) is 5.69 Å². The molecule has 0 aliphatic rings. The summed E-state index contributed by atoms with van der Waals surface area (Å²) in [6, 6.07) is 9.46. The minimum Gasteiger partial charge on any atom is -0.321 e. The van der Waals surface area contributed by atoms with Crippen molar-refractivity contribution >= 4 is 17.2 Å². The second kappa shape index (κ2) is 5.26. The highest BCUT2D eigenvalue weighted by atomic mass is 16.1. The van der Waals surface area contributed by atoms with E-state index in [1.54, 1.807) is 10.6 Å². The molecule has 5 heteroatoms. The first-order valence-electron chi connectivity index (χ1n) is 7.16. The standard InChI is InChI=1S/C17H18N4O/c1-10-5-6-14(7-11(10)2)18-17(22)15-9-13(4)21-16(19-15)8-12(3)20-21/h5-9H,1-4H3,(H,18,22). The fourth-order valence-electron chi connectivity index (χ4n) is 2.37. The van der Waals surface area contributed by atoms with Crippen molar-refractivity contribution in [1.29, 1.82) is 0 Å². The molecule has 5 nitrogen and oxygen atoms in total. The predicted octanol–water partition coefficient (Wildman–Crippen LogP) is 3.22. The lowest BCUT2D eigenvalue weighted by Crippen LogP contribution is -2.15. The van der Waals surface area contributed by atoms with Gasteiger partial charge in [0.1, 0.15) is 5.69 Å². The normalized spacial score (nSPS) is 10.9. The number of hydrogen-bond donors (Lipinski definition) is 1. The zero-order valence-corrected chi connectivity index (χ0v) is 13.1. The molecule has 1 aromatic carbocycles. The van der Waals surface area contributed by atoms with Gasteiger partial charge in [0.15, 0.2) is 5.65 Å². The Balaban J connectivity index is 1.93. The molecule has 112 valence electrons. The van der Waals surface area contributed by atoms with Crippen molar-refractivity contribution in [3.05, 3.63) is 58.5 Å². The summed E-state index contributed by atoms with van der Waals surface area (Å²) in [4.78, 5) is 16.8. The Bertz CT molecular complexity index is 880. The van der Waals surface area contributed by atoms with Gasteiger partial charge in [-0.05, 0) is 57.0 Å². The van der Waals surface area contributed by atoms with E-state index < -0.39 is 0 Å². The maximum atomic E-state index is 12.4. The molecule has 0 saturated heterocycles. The Morgan fingerprint density at radius 3 is 2.55 bits per heavy atom. The van der Waals surface area contributed by atoms with Crippen LogP contribution in [0.5, 0.6) is 0 Å². The lowest BCUT2D eigenvalue weighted by atomic mass is 10.1. The van der Waals surface area contributed by atoms with E-state index in [1.165, 1.54) is 5.56 Å². The van der Waals surface area contributed by atoms with Gasteiger partial charge >= 0.3 is 0 Å². The monoisotopic (exact) mass is 294 g/mol. The smallest absolute Gasteiger partial charge is 0.274 e. The molecule has 0 spiro atoms. The van der Waals surface area contributed by atoms with Crippen LogP contribution in [-0.4, -0.2) is 20.5 Å². The number of nitrogens with zero attached hydrogens (tertiary/aromatic N) is 3. The van der Waals surface area contributed by atoms with E-state index in [-0.39, 0.29) is 5.91 Å². The number of fused-ring (bicyclic) bond motifs is 1. The van der Waals surface area contributed by atoms with Gasteiger partial charge in [0.25, 0.3) is 5.91 Å². The van der Waals surface area contributed by atoms with Crippen molar-refractivity contribution in [3.8, 4) is 0 Å². The molecule has 1 N–H and O–H groups in total. The summed E-state index contributed by atoms with van der Waals surface area (Å²) in [7, 11) is 0. The molecule has 1 amide bonds. The van der Waals surface area contributed by atoms with E-state index in [9.17, 15) is 4.79 Å². The molecule has 0 aliphatic heterocycles. The summed E-state index contributed by atoms with van der Waals surface area (Å²) >= 11 is 0. The number of carbonyl (C=O) groups excluding carboxylic acids is 1. The van der Waals surface area contributed by atoms with Gasteiger partial charge < -0.3 is 5.32 Å². The van der Waals surface area contributed by atoms with E-state index in [0.717, 1.165) is 22.6 Å². The van der Waals surface area contributed by atoms with E-state index in [1.807, 2.05) is 52.0 Å². The molecule has 0 saturated carbocycles. The van der Waals surface area contributed by atoms with Gasteiger partial charge in [-0.15, -0.1) is 0 Å². The van der Waals surface area contributed by atoms with Crippen molar-refractivity contribution in [1.82, 2.24) is 14.6 Å². The number of aryl methyl sites for hydroxylation is 4. The number of nitrogens with one attached hydrogen (secondary N) is 1. The molecule has 3 rings (SSSR count). The molecule has 0 atom stereocenters. The van der Waals surface area contributed by atoms with Crippen LogP contribution >= 0.6 is 0 Å². The van der Waals surface area contributed by atoms with Crippen LogP contribution < -0.4 is 5.32 Å². The maximum absolute atomic E-state index is 12.4. The molecule has 2 heterocycles. The number of hydrogen-bond acceptors (Lipinski definition) is 3. The second-order valence-corrected chi connectivity index (χ2v) is 5.59. The molecule has 3 aromatic rings. The Morgan fingerprint density at radius 1 is 1.05 bits per heavy atom. The number of anilines is 1. The molecule has 2 aromatic heterocycles. The summed E-state index contributed by atoms with van der Waals surface area (Å²) in [5.41, 5.74) is 5.94. The van der Waals surface area contributed by atoms with Crippen LogP contribution in [0.1, 0.15) is 33.0 Å². The van der Waals surface area contributed by atoms with E-state index in [4.69, 9.17) is 0 Å². The van der Waals surface area contributed by atoms with Gasteiger partial charge in [-0.2, -0.15) is 5.10 Å². The first kappa shape index (κ1) is 14.3. The highest BCUT2D eigenvalue weighted by molar-refractivity contribution is 6.03. The molecule has 0 fully saturated rings. The van der Waals surface area contributed by atoms with Crippen molar-refractivity contribution in [2.24, 2.45) is 0 Å². The number of aromatic nitrogens is 3. The molecule has 0 bridgehead atoms. The van der Waals surface area contributed by atoms with E-state index in [0.29, 0.717) is 11.3 Å². The van der Waals surface area contributed by atoms with Crippen LogP contribution in [-0.2, 0) is 0 Å². The lowest BCUT2D eigenvalue weighted by molar-refractivity contribution is 0.102. The first-order valence-corrected chi connectivity index (χ1v) is 7.16. The Hall–Kier alpha value is -2.69. The fraction of sp³-hybridized carbons (Fsp3) is 0.235. The minimum absolute atomic E-state index is 0.215. The van der Waals surface area contributed by atoms with Gasteiger partial charge in [-0.25, -0.2) is 9.50 Å². The highest BCUT2D eigenvalue weighted by Crippen LogP contribution is 2.16. The summed E-state index contributed by atoms with van der Waals surface area (Å²) in [5.74, 6) is -0.215. The van der Waals surface area contributed by atoms with Gasteiger partial charge in [0.2, 0.25) is 0 Å². The Kier molecular flexibility index (Phi) is 3.41. The van der Waals surface area contributed by atoms with Crippen molar-refractivity contribution < 1.29 is 4.79 Å². The minimum atomic E-state index is -0.215. The molecular formula is C17H18N4O. The predicted molar refractivity (Wildman–Crippen MR) is 86.3 cm³/mol. The van der Waals surface area contributed by atoms with Crippen LogP contribution in [0.15, 0.2) is 30.3 Å². The van der Waals surface area contributed by atoms with E-state index in [2.05, 4.69) is 15.4 Å². The first-order chi connectivity index (χ1) is 10.4. The zero-order valence-electron chi connectivity index (χ0n) is 13.1. The number of amides is 1. The largest absolute Gasteiger partial charge is 0.321 e. The second-order valence-electron chi connectivity index (χ2n) is 5.59. The van der Waals surface area contributed by atoms with Gasteiger partial charge in [-0.1, -0.05) is 6.07 Å². The average Bonchev–Trinajstić information content (AvgIpc) is 2.84. The van der Waals surface area contributed by atoms with Gasteiger partial charge in [-0.3, -0.25) is 4.79 Å². The van der Waals surface area contributed by atoms with Crippen LogP contribution in [0.3, 0.4) is 0 Å². The molecule has 0 aliphatic carbocycles. The molecule has 22 heavy (non-hydrogen) atoms. The van der Waals surface area contributed by atoms with Crippen LogP contribution in [0, 0.1) is 27.7 Å². The quantitative estimate of drug-likeness (QED) is 0.789. The summed E-state index contributed by atoms with van der Waals surface area (Å²) in [6.45, 7) is 7.88. The summed E-state index contributed by atoms with van der Waals surface area (Å²) < 4.78 is 1.74. The van der Waals surface area contributed by atoms with E-state index >= 15 is 0 Å². The third-order valence-electron chi connectivity index (χ3n) is 3.72. The van der Waals surface area contributed by atoms with Crippen molar-refractivity contribution in [2.45, 2.75) is 27.7 Å². The molecule has 0 radical (unpaired) electrons. The zero-order chi connectivity index (χ0) is 15.9. The number of carbonyl (C=O) groups is 1. The van der Waals surface area contributed by atoms with Gasteiger partial charge in [0, 0.05) is 17.4 Å². The van der Waals surface area contributed by atoms with Crippen molar-refractivity contribution in [3.63, 3.8) is 0 Å². The average molecular weight is 294 g/mol. The topological polar surface area (TPSA) is 59.3 Å². The SMILES string of the molecule is Cc1cc2nc(C(=O)Nc3ccc(C)c(C)c3)cc(C)n2n1. The Labute approximate surface area is 129 Å².